The van der Waals surface area contributed by atoms with Crippen molar-refractivity contribution in [2.45, 2.75) is 12.8 Å². The number of carbonyl (C=O) groups is 1. The monoisotopic (exact) mass is 197 g/mol. The van der Waals surface area contributed by atoms with Crippen LogP contribution in [0.15, 0.2) is 24.3 Å². The molecule has 0 fully saturated rings. The molecule has 0 spiro atoms. The molecule has 0 atom stereocenters. The molecule has 0 aromatic heterocycles. The Labute approximate surface area is 82.7 Å². The second kappa shape index (κ2) is 5.00. The lowest BCUT2D eigenvalue weighted by atomic mass is 10.1. The number of hydrogen-bond donors (Lipinski definition) is 1. The molecule has 0 aliphatic carbocycles. The Hall–Kier alpha value is -0.860. The number of nitrogens with two attached hydrogens (primary N) is 1. The molecule has 13 heavy (non-hydrogen) atoms. The molecule has 0 aliphatic rings. The van der Waals surface area contributed by atoms with Gasteiger partial charge in [-0.3, -0.25) is 4.79 Å². The second-order valence-electron chi connectivity index (χ2n) is 2.83. The normalized spacial score (nSPS) is 10.0. The number of Topliss-reactive ketones (excluding diaryl/α,β-unsaturated/α-hetero) is 1. The van der Waals surface area contributed by atoms with Crippen LogP contribution in [0.25, 0.3) is 0 Å². The third kappa shape index (κ3) is 3.17. The minimum absolute atomic E-state index is 0.105. The fraction of sp³-hybridized carbons (Fsp3) is 0.300. The summed E-state index contributed by atoms with van der Waals surface area (Å²) in [5.41, 5.74) is 5.97. The minimum Gasteiger partial charge on any atom is -0.330 e. The minimum atomic E-state index is 0.105. The molecule has 0 saturated carbocycles. The topological polar surface area (TPSA) is 43.1 Å². The van der Waals surface area contributed by atoms with Crippen molar-refractivity contribution < 1.29 is 4.79 Å². The third-order valence-corrected chi connectivity index (χ3v) is 1.99. The van der Waals surface area contributed by atoms with Crippen molar-refractivity contribution in [2.24, 2.45) is 5.73 Å². The number of rotatable bonds is 4. The van der Waals surface area contributed by atoms with Gasteiger partial charge in [-0.1, -0.05) is 23.7 Å². The maximum atomic E-state index is 11.4. The lowest BCUT2D eigenvalue weighted by Crippen LogP contribution is -2.04. The fourth-order valence-electron chi connectivity index (χ4n) is 1.07. The second-order valence-corrected chi connectivity index (χ2v) is 3.26. The molecule has 2 nitrogen and oxygen atoms in total. The number of hydrogen-bond acceptors (Lipinski definition) is 2. The van der Waals surface area contributed by atoms with Crippen molar-refractivity contribution in [3.63, 3.8) is 0 Å². The SMILES string of the molecule is NCCCC(=O)c1cccc(Cl)c1. The maximum Gasteiger partial charge on any atom is 0.162 e. The van der Waals surface area contributed by atoms with Crippen LogP contribution in [0.1, 0.15) is 23.2 Å². The molecular formula is C10H12ClNO. The lowest BCUT2D eigenvalue weighted by molar-refractivity contribution is 0.0981. The average molecular weight is 198 g/mol. The van der Waals surface area contributed by atoms with Crippen molar-refractivity contribution in [3.8, 4) is 0 Å². The molecule has 0 aliphatic heterocycles. The maximum absolute atomic E-state index is 11.4. The summed E-state index contributed by atoms with van der Waals surface area (Å²) >= 11 is 5.75. The van der Waals surface area contributed by atoms with E-state index in [1.165, 1.54) is 0 Å². The first-order valence-corrected chi connectivity index (χ1v) is 4.60. The Kier molecular flexibility index (Phi) is 3.93. The van der Waals surface area contributed by atoms with E-state index in [4.69, 9.17) is 17.3 Å². The standard InChI is InChI=1S/C10H12ClNO/c11-9-4-1-3-8(7-9)10(13)5-2-6-12/h1,3-4,7H,2,5-6,12H2. The van der Waals surface area contributed by atoms with Gasteiger partial charge in [0.15, 0.2) is 5.78 Å². The molecule has 3 heteroatoms. The van der Waals surface area contributed by atoms with E-state index in [0.29, 0.717) is 23.6 Å². The van der Waals surface area contributed by atoms with E-state index in [0.717, 1.165) is 6.42 Å². The summed E-state index contributed by atoms with van der Waals surface area (Å²) < 4.78 is 0. The van der Waals surface area contributed by atoms with Crippen molar-refractivity contribution in [3.05, 3.63) is 34.9 Å². The molecule has 0 radical (unpaired) electrons. The number of ketones is 1. The van der Waals surface area contributed by atoms with Crippen LogP contribution >= 0.6 is 11.6 Å². The summed E-state index contributed by atoms with van der Waals surface area (Å²) in [5.74, 6) is 0.105. The molecule has 0 saturated heterocycles. The Morgan fingerprint density at radius 2 is 2.23 bits per heavy atom. The lowest BCUT2D eigenvalue weighted by Gasteiger charge is -1.99. The highest BCUT2D eigenvalue weighted by Crippen LogP contribution is 2.12. The molecule has 0 bridgehead atoms. The summed E-state index contributed by atoms with van der Waals surface area (Å²) in [6, 6.07) is 6.98. The van der Waals surface area contributed by atoms with Gasteiger partial charge in [0, 0.05) is 17.0 Å². The van der Waals surface area contributed by atoms with Crippen LogP contribution in [0.3, 0.4) is 0 Å². The van der Waals surface area contributed by atoms with E-state index < -0.39 is 0 Å². The zero-order chi connectivity index (χ0) is 9.68. The highest BCUT2D eigenvalue weighted by Gasteiger charge is 2.04. The van der Waals surface area contributed by atoms with Gasteiger partial charge in [0.1, 0.15) is 0 Å². The predicted molar refractivity (Wildman–Crippen MR) is 54.1 cm³/mol. The van der Waals surface area contributed by atoms with Crippen molar-refractivity contribution in [2.75, 3.05) is 6.54 Å². The van der Waals surface area contributed by atoms with Crippen LogP contribution in [0.2, 0.25) is 5.02 Å². The van der Waals surface area contributed by atoms with Crippen molar-refractivity contribution in [1.29, 1.82) is 0 Å². The molecule has 1 aromatic carbocycles. The quantitative estimate of drug-likeness (QED) is 0.753. The molecule has 70 valence electrons. The Morgan fingerprint density at radius 3 is 2.85 bits per heavy atom. The molecule has 2 N–H and O–H groups in total. The molecule has 0 heterocycles. The van der Waals surface area contributed by atoms with Gasteiger partial charge in [-0.25, -0.2) is 0 Å². The first-order chi connectivity index (χ1) is 6.24. The Morgan fingerprint density at radius 1 is 1.46 bits per heavy atom. The van der Waals surface area contributed by atoms with Crippen LogP contribution in [0, 0.1) is 0 Å². The number of halogens is 1. The van der Waals surface area contributed by atoms with Gasteiger partial charge in [0.25, 0.3) is 0 Å². The Balaban J connectivity index is 2.66. The first-order valence-electron chi connectivity index (χ1n) is 4.23. The first kappa shape index (κ1) is 10.2. The van der Waals surface area contributed by atoms with E-state index in [2.05, 4.69) is 0 Å². The van der Waals surface area contributed by atoms with E-state index in [1.807, 2.05) is 0 Å². The predicted octanol–water partition coefficient (Wildman–Crippen LogP) is 2.26. The summed E-state index contributed by atoms with van der Waals surface area (Å²) in [7, 11) is 0. The number of carbonyl (C=O) groups excluding carboxylic acids is 1. The van der Waals surface area contributed by atoms with Gasteiger partial charge in [-0.15, -0.1) is 0 Å². The largest absolute Gasteiger partial charge is 0.330 e. The molecule has 1 rings (SSSR count). The molecule has 0 unspecified atom stereocenters. The molecular weight excluding hydrogens is 186 g/mol. The average Bonchev–Trinajstić information content (AvgIpc) is 2.14. The van der Waals surface area contributed by atoms with Gasteiger partial charge in [-0.05, 0) is 25.1 Å². The highest BCUT2D eigenvalue weighted by molar-refractivity contribution is 6.31. The van der Waals surface area contributed by atoms with E-state index in [9.17, 15) is 4.79 Å². The fourth-order valence-corrected chi connectivity index (χ4v) is 1.26. The van der Waals surface area contributed by atoms with Gasteiger partial charge >= 0.3 is 0 Å². The van der Waals surface area contributed by atoms with E-state index in [-0.39, 0.29) is 5.78 Å². The van der Waals surface area contributed by atoms with Crippen molar-refractivity contribution >= 4 is 17.4 Å². The van der Waals surface area contributed by atoms with Gasteiger partial charge < -0.3 is 5.73 Å². The smallest absolute Gasteiger partial charge is 0.162 e. The van der Waals surface area contributed by atoms with Gasteiger partial charge in [-0.2, -0.15) is 0 Å². The van der Waals surface area contributed by atoms with Crippen LogP contribution in [-0.2, 0) is 0 Å². The van der Waals surface area contributed by atoms with E-state index in [1.54, 1.807) is 24.3 Å². The third-order valence-electron chi connectivity index (χ3n) is 1.75. The number of benzene rings is 1. The zero-order valence-corrected chi connectivity index (χ0v) is 8.05. The van der Waals surface area contributed by atoms with Crippen LogP contribution in [-0.4, -0.2) is 12.3 Å². The zero-order valence-electron chi connectivity index (χ0n) is 7.29. The summed E-state index contributed by atoms with van der Waals surface area (Å²) in [4.78, 5) is 11.4. The van der Waals surface area contributed by atoms with E-state index >= 15 is 0 Å². The highest BCUT2D eigenvalue weighted by atomic mass is 35.5. The van der Waals surface area contributed by atoms with Crippen molar-refractivity contribution in [1.82, 2.24) is 0 Å². The Bertz CT molecular complexity index is 299. The van der Waals surface area contributed by atoms with Crippen LogP contribution in [0.4, 0.5) is 0 Å². The van der Waals surface area contributed by atoms with Crippen LogP contribution < -0.4 is 5.73 Å². The summed E-state index contributed by atoms with van der Waals surface area (Å²) in [6.07, 6.45) is 1.22. The molecule has 0 amide bonds. The van der Waals surface area contributed by atoms with Gasteiger partial charge in [0.05, 0.1) is 0 Å². The summed E-state index contributed by atoms with van der Waals surface area (Å²) in [5, 5.41) is 0.596. The summed E-state index contributed by atoms with van der Waals surface area (Å²) in [6.45, 7) is 0.548. The van der Waals surface area contributed by atoms with Crippen LogP contribution in [0.5, 0.6) is 0 Å². The molecule has 1 aromatic rings. The van der Waals surface area contributed by atoms with Gasteiger partial charge in [0.2, 0.25) is 0 Å².